The molecule has 0 heterocycles. The predicted octanol–water partition coefficient (Wildman–Crippen LogP) is 3.77. The molecule has 0 radical (unpaired) electrons. The van der Waals surface area contributed by atoms with Gasteiger partial charge in [-0.15, -0.1) is 0 Å². The number of nitrogens with zero attached hydrogens (tertiary/aromatic N) is 2. The lowest BCUT2D eigenvalue weighted by Gasteiger charge is -2.24. The molecule has 34 heavy (non-hydrogen) atoms. The number of rotatable bonds is 8. The molecule has 9 heteroatoms. The van der Waals surface area contributed by atoms with Crippen LogP contribution in [0.2, 0.25) is 0 Å². The number of hydrogen-bond acceptors (Lipinski definition) is 5. The molecule has 0 unspecified atom stereocenters. The summed E-state index contributed by atoms with van der Waals surface area (Å²) in [6, 6.07) is 22.7. The molecule has 3 rings (SSSR count). The molecule has 0 saturated heterocycles. The molecule has 0 saturated carbocycles. The normalized spacial score (nSPS) is 11.6. The Morgan fingerprint density at radius 3 is 2.12 bits per heavy atom. The van der Waals surface area contributed by atoms with Crippen LogP contribution in [0, 0.1) is 0 Å². The van der Waals surface area contributed by atoms with Gasteiger partial charge in [0.25, 0.3) is 5.91 Å². The van der Waals surface area contributed by atoms with E-state index in [1.165, 1.54) is 11.2 Å². The van der Waals surface area contributed by atoms with Gasteiger partial charge in [0.15, 0.2) is 0 Å². The second-order valence-corrected chi connectivity index (χ2v) is 9.58. The van der Waals surface area contributed by atoms with Crippen LogP contribution in [0.15, 0.2) is 84.0 Å². The Hall–Kier alpha value is -3.98. The maximum atomic E-state index is 13.0. The molecule has 176 valence electrons. The Kier molecular flexibility index (Phi) is 7.80. The van der Waals surface area contributed by atoms with Crippen molar-refractivity contribution in [2.45, 2.75) is 20.4 Å². The van der Waals surface area contributed by atoms with Crippen molar-refractivity contribution in [3.05, 3.63) is 95.6 Å². The SMILES string of the molecule is CC(=O)Nc1ccc(/C(C)=N\NC(=O)c2ccccc2N(Cc2ccccc2)S(C)(=O)=O)cc1. The van der Waals surface area contributed by atoms with Crippen LogP contribution in [-0.2, 0) is 21.4 Å². The highest BCUT2D eigenvalue weighted by molar-refractivity contribution is 7.92. The van der Waals surface area contributed by atoms with E-state index in [1.54, 1.807) is 55.5 Å². The van der Waals surface area contributed by atoms with E-state index in [-0.39, 0.29) is 23.7 Å². The Balaban J connectivity index is 1.83. The highest BCUT2D eigenvalue weighted by Gasteiger charge is 2.23. The first-order chi connectivity index (χ1) is 16.1. The van der Waals surface area contributed by atoms with Crippen LogP contribution < -0.4 is 15.0 Å². The summed E-state index contributed by atoms with van der Waals surface area (Å²) in [4.78, 5) is 24.1. The van der Waals surface area contributed by atoms with Crippen molar-refractivity contribution >= 4 is 38.9 Å². The third-order valence-corrected chi connectivity index (χ3v) is 6.06. The Labute approximate surface area is 199 Å². The van der Waals surface area contributed by atoms with Gasteiger partial charge < -0.3 is 5.32 Å². The number of benzene rings is 3. The summed E-state index contributed by atoms with van der Waals surface area (Å²) in [5, 5.41) is 6.86. The molecule has 3 aromatic carbocycles. The second kappa shape index (κ2) is 10.8. The first kappa shape index (κ1) is 24.7. The zero-order valence-corrected chi connectivity index (χ0v) is 20.0. The van der Waals surface area contributed by atoms with Crippen molar-refractivity contribution in [2.75, 3.05) is 15.9 Å². The quantitative estimate of drug-likeness (QED) is 0.380. The van der Waals surface area contributed by atoms with Crippen molar-refractivity contribution in [3.8, 4) is 0 Å². The lowest BCUT2D eigenvalue weighted by atomic mass is 10.1. The van der Waals surface area contributed by atoms with Crippen LogP contribution in [-0.4, -0.2) is 32.2 Å². The molecule has 8 nitrogen and oxygen atoms in total. The van der Waals surface area contributed by atoms with E-state index >= 15 is 0 Å². The van der Waals surface area contributed by atoms with Gasteiger partial charge in [-0.1, -0.05) is 54.6 Å². The van der Waals surface area contributed by atoms with Gasteiger partial charge in [-0.2, -0.15) is 5.10 Å². The summed E-state index contributed by atoms with van der Waals surface area (Å²) in [7, 11) is -3.67. The van der Waals surface area contributed by atoms with E-state index in [0.717, 1.165) is 17.4 Å². The van der Waals surface area contributed by atoms with E-state index < -0.39 is 15.9 Å². The molecule has 0 spiro atoms. The van der Waals surface area contributed by atoms with Crippen molar-refractivity contribution in [3.63, 3.8) is 0 Å². The monoisotopic (exact) mass is 478 g/mol. The van der Waals surface area contributed by atoms with Gasteiger partial charge in [-0.3, -0.25) is 13.9 Å². The molecule has 0 fully saturated rings. The van der Waals surface area contributed by atoms with Gasteiger partial charge >= 0.3 is 0 Å². The molecule has 2 amide bonds. The summed E-state index contributed by atoms with van der Waals surface area (Å²) in [6.07, 6.45) is 1.11. The van der Waals surface area contributed by atoms with E-state index in [9.17, 15) is 18.0 Å². The van der Waals surface area contributed by atoms with Gasteiger partial charge in [0.2, 0.25) is 15.9 Å². The lowest BCUT2D eigenvalue weighted by Crippen LogP contribution is -2.32. The fraction of sp³-hybridized carbons (Fsp3) is 0.160. The molecular formula is C25H26N4O4S. The number of hydrazone groups is 1. The zero-order valence-electron chi connectivity index (χ0n) is 19.1. The molecule has 0 bridgehead atoms. The number of amides is 2. The number of sulfonamides is 1. The maximum Gasteiger partial charge on any atom is 0.273 e. The van der Waals surface area contributed by atoms with Gasteiger partial charge in [-0.05, 0) is 42.3 Å². The summed E-state index contributed by atoms with van der Waals surface area (Å²) >= 11 is 0. The summed E-state index contributed by atoms with van der Waals surface area (Å²) in [5.41, 5.74) is 5.70. The second-order valence-electron chi connectivity index (χ2n) is 7.67. The first-order valence-corrected chi connectivity index (χ1v) is 12.3. The van der Waals surface area contributed by atoms with Crippen LogP contribution in [0.25, 0.3) is 0 Å². The minimum atomic E-state index is -3.67. The van der Waals surface area contributed by atoms with Crippen LogP contribution in [0.4, 0.5) is 11.4 Å². The van der Waals surface area contributed by atoms with E-state index in [1.807, 2.05) is 30.3 Å². The number of carbonyl (C=O) groups is 2. The fourth-order valence-corrected chi connectivity index (χ4v) is 4.17. The number of carbonyl (C=O) groups excluding carboxylic acids is 2. The van der Waals surface area contributed by atoms with Crippen LogP contribution in [0.5, 0.6) is 0 Å². The van der Waals surface area contributed by atoms with Crippen molar-refractivity contribution in [1.29, 1.82) is 0 Å². The molecule has 0 atom stereocenters. The third-order valence-electron chi connectivity index (χ3n) is 4.93. The standard InChI is InChI=1S/C25H26N4O4S/c1-18(21-13-15-22(16-14-21)26-19(2)30)27-28-25(31)23-11-7-8-12-24(23)29(34(3,32)33)17-20-9-5-4-6-10-20/h4-16H,17H2,1-3H3,(H,26,30)(H,28,31)/b27-18-. The van der Waals surface area contributed by atoms with E-state index in [4.69, 9.17) is 0 Å². The average molecular weight is 479 g/mol. The topological polar surface area (TPSA) is 108 Å². The highest BCUT2D eigenvalue weighted by atomic mass is 32.2. The molecule has 0 aliphatic rings. The number of anilines is 2. The summed E-state index contributed by atoms with van der Waals surface area (Å²) < 4.78 is 26.4. The molecular weight excluding hydrogens is 452 g/mol. The number of nitrogens with one attached hydrogen (secondary N) is 2. The van der Waals surface area contributed by atoms with Gasteiger partial charge in [0.05, 0.1) is 29.8 Å². The largest absolute Gasteiger partial charge is 0.326 e. The molecule has 0 aromatic heterocycles. The third kappa shape index (κ3) is 6.52. The fourth-order valence-electron chi connectivity index (χ4n) is 3.27. The smallest absolute Gasteiger partial charge is 0.273 e. The Bertz CT molecular complexity index is 1300. The average Bonchev–Trinajstić information content (AvgIpc) is 2.81. The van der Waals surface area contributed by atoms with Crippen LogP contribution in [0.1, 0.15) is 35.3 Å². The molecule has 2 N–H and O–H groups in total. The minimum Gasteiger partial charge on any atom is -0.326 e. The van der Waals surface area contributed by atoms with E-state index in [2.05, 4.69) is 15.8 Å². The minimum absolute atomic E-state index is 0.0902. The van der Waals surface area contributed by atoms with Gasteiger partial charge in [0.1, 0.15) is 0 Å². The van der Waals surface area contributed by atoms with Crippen molar-refractivity contribution in [1.82, 2.24) is 5.43 Å². The zero-order chi connectivity index (χ0) is 24.7. The van der Waals surface area contributed by atoms with Gasteiger partial charge in [-0.25, -0.2) is 13.8 Å². The predicted molar refractivity (Wildman–Crippen MR) is 134 cm³/mol. The van der Waals surface area contributed by atoms with Crippen LogP contribution >= 0.6 is 0 Å². The van der Waals surface area contributed by atoms with Crippen molar-refractivity contribution in [2.24, 2.45) is 5.10 Å². The first-order valence-electron chi connectivity index (χ1n) is 10.5. The number of para-hydroxylation sites is 1. The molecule has 3 aromatic rings. The maximum absolute atomic E-state index is 13.0. The lowest BCUT2D eigenvalue weighted by molar-refractivity contribution is -0.114. The van der Waals surface area contributed by atoms with Gasteiger partial charge in [0, 0.05) is 12.6 Å². The summed E-state index contributed by atoms with van der Waals surface area (Å²) in [5.74, 6) is -0.703. The molecule has 0 aliphatic heterocycles. The van der Waals surface area contributed by atoms with Crippen molar-refractivity contribution < 1.29 is 18.0 Å². The Morgan fingerprint density at radius 2 is 1.50 bits per heavy atom. The highest BCUT2D eigenvalue weighted by Crippen LogP contribution is 2.25. The number of hydrogen-bond donors (Lipinski definition) is 2. The van der Waals surface area contributed by atoms with Crippen LogP contribution in [0.3, 0.4) is 0 Å². The van der Waals surface area contributed by atoms with E-state index in [0.29, 0.717) is 11.4 Å². The Morgan fingerprint density at radius 1 is 0.882 bits per heavy atom. The summed E-state index contributed by atoms with van der Waals surface area (Å²) in [6.45, 7) is 3.25. The molecule has 0 aliphatic carbocycles.